The number of rotatable bonds is 4. The van der Waals surface area contributed by atoms with Gasteiger partial charge in [0.15, 0.2) is 0 Å². The molecule has 0 nitrogen and oxygen atoms in total. The smallest absolute Gasteiger partial charge is 0.0146 e. The minimum atomic E-state index is 0.457. The lowest BCUT2D eigenvalue weighted by molar-refractivity contribution is -0.0538. The molecule has 0 aromatic rings. The van der Waals surface area contributed by atoms with Crippen LogP contribution in [0.25, 0.3) is 0 Å². The summed E-state index contributed by atoms with van der Waals surface area (Å²) in [6, 6.07) is 0. The highest BCUT2D eigenvalue weighted by Gasteiger charge is 2.52. The topological polar surface area (TPSA) is 0 Å². The van der Waals surface area contributed by atoms with Gasteiger partial charge in [0.1, 0.15) is 0 Å². The lowest BCUT2D eigenvalue weighted by atomic mass is 9.47. The summed E-state index contributed by atoms with van der Waals surface area (Å²) in [5.74, 6) is 1.54. The zero-order valence-electron chi connectivity index (χ0n) is 13.8. The molecule has 2 aliphatic rings. The second-order valence-corrected chi connectivity index (χ2v) is 8.05. The summed E-state index contributed by atoms with van der Waals surface area (Å²) in [4.78, 5) is 0. The monoisotopic (exact) mass is 272 g/mol. The molecule has 0 amide bonds. The molecule has 0 heterocycles. The molecule has 2 saturated carbocycles. The van der Waals surface area contributed by atoms with Crippen LogP contribution in [0.5, 0.6) is 0 Å². The van der Waals surface area contributed by atoms with Crippen LogP contribution in [0.2, 0.25) is 0 Å². The van der Waals surface area contributed by atoms with Crippen molar-refractivity contribution in [3.8, 4) is 0 Å². The van der Waals surface area contributed by atoms with E-state index in [0.717, 1.165) is 12.3 Å². The van der Waals surface area contributed by atoms with Crippen molar-refractivity contribution < 1.29 is 0 Å². The second-order valence-electron chi connectivity index (χ2n) is 8.05. The van der Waals surface area contributed by atoms with E-state index in [1.165, 1.54) is 49.7 Å². The van der Waals surface area contributed by atoms with Gasteiger partial charge in [0.2, 0.25) is 0 Å². The first kappa shape index (κ1) is 15.6. The molecule has 0 spiro atoms. The largest absolute Gasteiger partial charge is 0.0996 e. The lowest BCUT2D eigenvalue weighted by Crippen LogP contribution is -2.49. The van der Waals surface area contributed by atoms with E-state index >= 15 is 0 Å². The molecule has 0 radical (unpaired) electrons. The quantitative estimate of drug-likeness (QED) is 0.415. The first-order chi connectivity index (χ1) is 9.31. The number of hydrogen-bond donors (Lipinski definition) is 0. The molecule has 0 aromatic carbocycles. The van der Waals surface area contributed by atoms with Crippen LogP contribution in [0.15, 0.2) is 37.0 Å². The Morgan fingerprint density at radius 3 is 2.65 bits per heavy atom. The Kier molecular flexibility index (Phi) is 4.33. The van der Waals surface area contributed by atoms with Crippen molar-refractivity contribution in [1.82, 2.24) is 0 Å². The molecule has 0 aromatic heterocycles. The normalized spacial score (nSPS) is 36.2. The standard InChI is InChI=1S/C20H32/c1-7-15(2)9-11-17-16(3)10-12-18-19(4,5)13-8-14-20(17,18)6/h7,17-18H,1-3,8-14H2,4-6H3/t17?,18?,20-/m1/s1. The van der Waals surface area contributed by atoms with E-state index < -0.39 is 0 Å². The molecule has 2 unspecified atom stereocenters. The Morgan fingerprint density at radius 1 is 1.30 bits per heavy atom. The highest BCUT2D eigenvalue weighted by molar-refractivity contribution is 5.18. The fourth-order valence-corrected chi connectivity index (χ4v) is 5.24. The van der Waals surface area contributed by atoms with Crippen molar-refractivity contribution in [2.45, 2.75) is 65.7 Å². The van der Waals surface area contributed by atoms with E-state index in [0.29, 0.717) is 16.7 Å². The van der Waals surface area contributed by atoms with Gasteiger partial charge in [-0.2, -0.15) is 0 Å². The Hall–Kier alpha value is -0.780. The molecule has 0 bridgehead atoms. The summed E-state index contributed by atoms with van der Waals surface area (Å²) in [6.07, 6.45) is 10.9. The van der Waals surface area contributed by atoms with Crippen molar-refractivity contribution in [2.24, 2.45) is 22.7 Å². The van der Waals surface area contributed by atoms with Crippen LogP contribution in [-0.2, 0) is 0 Å². The summed E-state index contributed by atoms with van der Waals surface area (Å²) < 4.78 is 0. The van der Waals surface area contributed by atoms with Crippen LogP contribution in [0.1, 0.15) is 65.7 Å². The Balaban J connectivity index is 2.22. The molecule has 2 rings (SSSR count). The summed E-state index contributed by atoms with van der Waals surface area (Å²) in [5, 5.41) is 0. The minimum absolute atomic E-state index is 0.457. The maximum Gasteiger partial charge on any atom is -0.0146 e. The molecule has 3 atom stereocenters. The molecule has 112 valence electrons. The molecule has 0 aliphatic heterocycles. The molecule has 2 aliphatic carbocycles. The van der Waals surface area contributed by atoms with Crippen molar-refractivity contribution in [3.63, 3.8) is 0 Å². The van der Waals surface area contributed by atoms with Gasteiger partial charge < -0.3 is 0 Å². The van der Waals surface area contributed by atoms with Crippen molar-refractivity contribution in [1.29, 1.82) is 0 Å². The van der Waals surface area contributed by atoms with Gasteiger partial charge >= 0.3 is 0 Å². The SMILES string of the molecule is C=CC(=C)CCC1C(=C)CCC2C(C)(C)CCC[C@]12C. The van der Waals surface area contributed by atoms with Crippen LogP contribution in [-0.4, -0.2) is 0 Å². The number of allylic oxidation sites excluding steroid dienone is 3. The molecule has 2 fully saturated rings. The van der Waals surface area contributed by atoms with Crippen molar-refractivity contribution in [3.05, 3.63) is 37.0 Å². The maximum absolute atomic E-state index is 4.43. The van der Waals surface area contributed by atoms with Gasteiger partial charge in [0, 0.05) is 0 Å². The molecular weight excluding hydrogens is 240 g/mol. The predicted octanol–water partition coefficient (Wildman–Crippen LogP) is 6.31. The summed E-state index contributed by atoms with van der Waals surface area (Å²) in [5.41, 5.74) is 3.64. The second kappa shape index (κ2) is 5.54. The van der Waals surface area contributed by atoms with E-state index in [1.807, 2.05) is 6.08 Å². The maximum atomic E-state index is 4.43. The van der Waals surface area contributed by atoms with Gasteiger partial charge in [-0.15, -0.1) is 0 Å². The third-order valence-electron chi connectivity index (χ3n) is 6.36. The highest BCUT2D eigenvalue weighted by atomic mass is 14.6. The van der Waals surface area contributed by atoms with Crippen LogP contribution in [0.4, 0.5) is 0 Å². The Bertz CT molecular complexity index is 412. The number of hydrogen-bond acceptors (Lipinski definition) is 0. The fraction of sp³-hybridized carbons (Fsp3) is 0.700. The zero-order valence-corrected chi connectivity index (χ0v) is 13.8. The highest BCUT2D eigenvalue weighted by Crippen LogP contribution is 2.61. The fourth-order valence-electron chi connectivity index (χ4n) is 5.24. The van der Waals surface area contributed by atoms with E-state index in [9.17, 15) is 0 Å². The Labute approximate surface area is 126 Å². The van der Waals surface area contributed by atoms with Crippen LogP contribution < -0.4 is 0 Å². The zero-order chi connectivity index (χ0) is 15.0. The first-order valence-electron chi connectivity index (χ1n) is 8.29. The molecular formula is C20H32. The molecule has 0 N–H and O–H groups in total. The first-order valence-corrected chi connectivity index (χ1v) is 8.29. The van der Waals surface area contributed by atoms with E-state index in [-0.39, 0.29) is 0 Å². The van der Waals surface area contributed by atoms with Gasteiger partial charge in [0.25, 0.3) is 0 Å². The van der Waals surface area contributed by atoms with E-state index in [2.05, 4.69) is 40.5 Å². The number of fused-ring (bicyclic) bond motifs is 1. The third kappa shape index (κ3) is 2.67. The van der Waals surface area contributed by atoms with Gasteiger partial charge in [-0.05, 0) is 61.2 Å². The van der Waals surface area contributed by atoms with E-state index in [1.54, 1.807) is 0 Å². The van der Waals surface area contributed by atoms with E-state index in [4.69, 9.17) is 0 Å². The summed E-state index contributed by atoms with van der Waals surface area (Å²) in [7, 11) is 0. The summed E-state index contributed by atoms with van der Waals surface area (Å²) in [6.45, 7) is 19.9. The molecule has 20 heavy (non-hydrogen) atoms. The average Bonchev–Trinajstić information content (AvgIpc) is 2.36. The lowest BCUT2D eigenvalue weighted by Gasteiger charge is -2.58. The van der Waals surface area contributed by atoms with Crippen LogP contribution in [0, 0.1) is 22.7 Å². The van der Waals surface area contributed by atoms with Gasteiger partial charge in [-0.3, -0.25) is 0 Å². The minimum Gasteiger partial charge on any atom is -0.0996 e. The third-order valence-corrected chi connectivity index (χ3v) is 6.36. The summed E-state index contributed by atoms with van der Waals surface area (Å²) >= 11 is 0. The predicted molar refractivity (Wildman–Crippen MR) is 89.7 cm³/mol. The van der Waals surface area contributed by atoms with Crippen molar-refractivity contribution >= 4 is 0 Å². The van der Waals surface area contributed by atoms with Gasteiger partial charge in [0.05, 0.1) is 0 Å². The Morgan fingerprint density at radius 2 is 2.00 bits per heavy atom. The van der Waals surface area contributed by atoms with Crippen LogP contribution in [0.3, 0.4) is 0 Å². The van der Waals surface area contributed by atoms with Gasteiger partial charge in [-0.25, -0.2) is 0 Å². The average molecular weight is 272 g/mol. The van der Waals surface area contributed by atoms with Gasteiger partial charge in [-0.1, -0.05) is 64.2 Å². The van der Waals surface area contributed by atoms with Crippen molar-refractivity contribution in [2.75, 3.05) is 0 Å². The molecule has 0 saturated heterocycles. The van der Waals surface area contributed by atoms with Crippen LogP contribution >= 0.6 is 0 Å². The molecule has 0 heteroatoms.